The third-order valence-electron chi connectivity index (χ3n) is 2.76. The first-order valence-corrected chi connectivity index (χ1v) is 6.39. The Balaban J connectivity index is 2.49. The highest BCUT2D eigenvalue weighted by molar-refractivity contribution is 6.31. The second kappa shape index (κ2) is 6.15. The third-order valence-corrected chi connectivity index (χ3v) is 3.17. The molecule has 0 aliphatic heterocycles. The zero-order valence-corrected chi connectivity index (χ0v) is 11.4. The standard InChI is InChI=1S/C14H22ClN/c1-10(2)5-7-12(4)16-13-8-6-11(3)14(15)9-13/h6,8-10,12,16H,5,7H2,1-4H3. The largest absolute Gasteiger partial charge is 0.383 e. The molecule has 0 fully saturated rings. The summed E-state index contributed by atoms with van der Waals surface area (Å²) in [6.45, 7) is 8.76. The third kappa shape index (κ3) is 4.44. The summed E-state index contributed by atoms with van der Waals surface area (Å²) in [4.78, 5) is 0. The highest BCUT2D eigenvalue weighted by Gasteiger charge is 2.04. The SMILES string of the molecule is Cc1ccc(NC(C)CCC(C)C)cc1Cl. The molecule has 16 heavy (non-hydrogen) atoms. The van der Waals surface area contributed by atoms with E-state index in [0.29, 0.717) is 6.04 Å². The second-order valence-corrected chi connectivity index (χ2v) is 5.39. The highest BCUT2D eigenvalue weighted by Crippen LogP contribution is 2.21. The molecule has 1 rings (SSSR count). The van der Waals surface area contributed by atoms with Gasteiger partial charge in [0.1, 0.15) is 0 Å². The van der Waals surface area contributed by atoms with Crippen LogP contribution in [0.25, 0.3) is 0 Å². The molecule has 1 aromatic rings. The molecule has 0 aromatic heterocycles. The predicted molar refractivity (Wildman–Crippen MR) is 73.3 cm³/mol. The van der Waals surface area contributed by atoms with Crippen LogP contribution in [0.1, 0.15) is 39.2 Å². The maximum absolute atomic E-state index is 6.08. The smallest absolute Gasteiger partial charge is 0.0455 e. The minimum Gasteiger partial charge on any atom is -0.383 e. The molecular weight excluding hydrogens is 218 g/mol. The molecule has 0 radical (unpaired) electrons. The molecule has 1 nitrogen and oxygen atoms in total. The highest BCUT2D eigenvalue weighted by atomic mass is 35.5. The molecule has 0 amide bonds. The monoisotopic (exact) mass is 239 g/mol. The molecule has 0 saturated heterocycles. The fraction of sp³-hybridized carbons (Fsp3) is 0.571. The van der Waals surface area contributed by atoms with Crippen LogP contribution < -0.4 is 5.32 Å². The fourth-order valence-corrected chi connectivity index (χ4v) is 1.80. The van der Waals surface area contributed by atoms with Crippen LogP contribution in [0.4, 0.5) is 5.69 Å². The number of benzene rings is 1. The first-order chi connectivity index (χ1) is 7.49. The van der Waals surface area contributed by atoms with Gasteiger partial charge in [-0.25, -0.2) is 0 Å². The topological polar surface area (TPSA) is 12.0 Å². The molecule has 0 heterocycles. The van der Waals surface area contributed by atoms with Crippen molar-refractivity contribution in [1.29, 1.82) is 0 Å². The minimum absolute atomic E-state index is 0.501. The van der Waals surface area contributed by atoms with E-state index in [4.69, 9.17) is 11.6 Å². The van der Waals surface area contributed by atoms with Crippen molar-refractivity contribution in [2.24, 2.45) is 5.92 Å². The molecule has 0 aliphatic carbocycles. The maximum Gasteiger partial charge on any atom is 0.0455 e. The first-order valence-electron chi connectivity index (χ1n) is 6.01. The Labute approximate surface area is 104 Å². The van der Waals surface area contributed by atoms with E-state index >= 15 is 0 Å². The van der Waals surface area contributed by atoms with Gasteiger partial charge < -0.3 is 5.32 Å². The van der Waals surface area contributed by atoms with E-state index in [1.165, 1.54) is 12.8 Å². The van der Waals surface area contributed by atoms with Crippen molar-refractivity contribution in [2.45, 2.75) is 46.6 Å². The van der Waals surface area contributed by atoms with Crippen LogP contribution in [0.3, 0.4) is 0 Å². The second-order valence-electron chi connectivity index (χ2n) is 4.98. The predicted octanol–water partition coefficient (Wildman–Crippen LogP) is 4.89. The van der Waals surface area contributed by atoms with Crippen molar-refractivity contribution in [1.82, 2.24) is 0 Å². The van der Waals surface area contributed by atoms with Crippen molar-refractivity contribution < 1.29 is 0 Å². The molecule has 0 spiro atoms. The number of rotatable bonds is 5. The summed E-state index contributed by atoms with van der Waals surface area (Å²) < 4.78 is 0. The molecule has 0 bridgehead atoms. The van der Waals surface area contributed by atoms with Gasteiger partial charge in [-0.05, 0) is 50.3 Å². The van der Waals surface area contributed by atoms with Gasteiger partial charge in [0.25, 0.3) is 0 Å². The number of hydrogen-bond acceptors (Lipinski definition) is 1. The van der Waals surface area contributed by atoms with E-state index in [1.54, 1.807) is 0 Å². The van der Waals surface area contributed by atoms with Crippen LogP contribution in [-0.2, 0) is 0 Å². The molecule has 90 valence electrons. The fourth-order valence-electron chi connectivity index (χ4n) is 1.62. The summed E-state index contributed by atoms with van der Waals surface area (Å²) in [5.41, 5.74) is 2.24. The van der Waals surface area contributed by atoms with Gasteiger partial charge >= 0.3 is 0 Å². The van der Waals surface area contributed by atoms with Crippen LogP contribution in [-0.4, -0.2) is 6.04 Å². The summed E-state index contributed by atoms with van der Waals surface area (Å²) in [5.74, 6) is 0.769. The van der Waals surface area contributed by atoms with E-state index in [-0.39, 0.29) is 0 Å². The average Bonchev–Trinajstić information content (AvgIpc) is 2.21. The van der Waals surface area contributed by atoms with Crippen LogP contribution in [0, 0.1) is 12.8 Å². The van der Waals surface area contributed by atoms with Crippen molar-refractivity contribution in [3.63, 3.8) is 0 Å². The summed E-state index contributed by atoms with van der Waals surface area (Å²) in [6, 6.07) is 6.65. The zero-order chi connectivity index (χ0) is 12.1. The van der Waals surface area contributed by atoms with Gasteiger partial charge in [-0.15, -0.1) is 0 Å². The Hall–Kier alpha value is -0.690. The number of anilines is 1. The molecule has 1 aromatic carbocycles. The molecular formula is C14H22ClN. The molecule has 1 atom stereocenters. The van der Waals surface area contributed by atoms with E-state index < -0.39 is 0 Å². The Morgan fingerprint density at radius 2 is 1.88 bits per heavy atom. The molecule has 0 saturated carbocycles. The van der Waals surface area contributed by atoms with Gasteiger partial charge in [0.15, 0.2) is 0 Å². The summed E-state index contributed by atoms with van der Waals surface area (Å²) >= 11 is 6.08. The Kier molecular flexibility index (Phi) is 5.14. The van der Waals surface area contributed by atoms with Crippen molar-refractivity contribution in [3.8, 4) is 0 Å². The van der Waals surface area contributed by atoms with Gasteiger partial charge in [-0.3, -0.25) is 0 Å². The molecule has 0 aliphatic rings. The van der Waals surface area contributed by atoms with E-state index in [0.717, 1.165) is 22.2 Å². The van der Waals surface area contributed by atoms with Crippen molar-refractivity contribution >= 4 is 17.3 Å². The number of halogens is 1. The lowest BCUT2D eigenvalue weighted by Crippen LogP contribution is -2.15. The zero-order valence-electron chi connectivity index (χ0n) is 10.7. The summed E-state index contributed by atoms with van der Waals surface area (Å²) in [5, 5.41) is 4.32. The number of hydrogen-bond donors (Lipinski definition) is 1. The molecule has 1 unspecified atom stereocenters. The normalized spacial score (nSPS) is 12.9. The van der Waals surface area contributed by atoms with E-state index in [9.17, 15) is 0 Å². The summed E-state index contributed by atoms with van der Waals surface area (Å²) in [6.07, 6.45) is 2.46. The van der Waals surface area contributed by atoms with Crippen LogP contribution >= 0.6 is 11.6 Å². The van der Waals surface area contributed by atoms with Crippen LogP contribution in [0.15, 0.2) is 18.2 Å². The van der Waals surface area contributed by atoms with Crippen molar-refractivity contribution in [3.05, 3.63) is 28.8 Å². The number of nitrogens with one attached hydrogen (secondary N) is 1. The quantitative estimate of drug-likeness (QED) is 0.772. The molecule has 1 N–H and O–H groups in total. The van der Waals surface area contributed by atoms with Gasteiger partial charge in [0, 0.05) is 16.8 Å². The Bertz CT molecular complexity index is 334. The minimum atomic E-state index is 0.501. The first kappa shape index (κ1) is 13.4. The van der Waals surface area contributed by atoms with Crippen LogP contribution in [0.2, 0.25) is 5.02 Å². The van der Waals surface area contributed by atoms with Gasteiger partial charge in [0.2, 0.25) is 0 Å². The Morgan fingerprint density at radius 1 is 1.19 bits per heavy atom. The lowest BCUT2D eigenvalue weighted by atomic mass is 10.0. The van der Waals surface area contributed by atoms with Crippen molar-refractivity contribution in [2.75, 3.05) is 5.32 Å². The van der Waals surface area contributed by atoms with E-state index in [1.807, 2.05) is 13.0 Å². The lowest BCUT2D eigenvalue weighted by molar-refractivity contribution is 0.528. The van der Waals surface area contributed by atoms with Gasteiger partial charge in [-0.1, -0.05) is 31.5 Å². The Morgan fingerprint density at radius 3 is 2.44 bits per heavy atom. The van der Waals surface area contributed by atoms with E-state index in [2.05, 4.69) is 38.2 Å². The average molecular weight is 240 g/mol. The summed E-state index contributed by atoms with van der Waals surface area (Å²) in [7, 11) is 0. The van der Waals surface area contributed by atoms with Gasteiger partial charge in [0.05, 0.1) is 0 Å². The lowest BCUT2D eigenvalue weighted by Gasteiger charge is -2.16. The number of aryl methyl sites for hydroxylation is 1. The maximum atomic E-state index is 6.08. The molecule has 2 heteroatoms. The van der Waals surface area contributed by atoms with Gasteiger partial charge in [-0.2, -0.15) is 0 Å². The van der Waals surface area contributed by atoms with Crippen LogP contribution in [0.5, 0.6) is 0 Å².